The highest BCUT2D eigenvalue weighted by Gasteiger charge is 2.31. The summed E-state index contributed by atoms with van der Waals surface area (Å²) in [6.45, 7) is 2.84. The molecule has 0 spiro atoms. The Morgan fingerprint density at radius 3 is 2.60 bits per heavy atom. The number of halogens is 3. The molecule has 1 N–H and O–H groups in total. The molecule has 3 aromatic rings. The van der Waals surface area contributed by atoms with Gasteiger partial charge in [-0.25, -0.2) is 4.98 Å². The number of aromatic nitrogens is 2. The summed E-state index contributed by atoms with van der Waals surface area (Å²) in [5, 5.41) is 3.07. The number of likely N-dealkylation sites (tertiary alicyclic amines) is 1. The zero-order valence-electron chi connectivity index (χ0n) is 19.3. The van der Waals surface area contributed by atoms with E-state index in [4.69, 9.17) is 4.98 Å². The highest BCUT2D eigenvalue weighted by Crippen LogP contribution is 2.34. The third-order valence-corrected chi connectivity index (χ3v) is 6.70. The van der Waals surface area contributed by atoms with Crippen LogP contribution in [0.3, 0.4) is 0 Å². The Morgan fingerprint density at radius 2 is 1.80 bits per heavy atom. The van der Waals surface area contributed by atoms with Gasteiger partial charge in [0.05, 0.1) is 28.7 Å². The van der Waals surface area contributed by atoms with Gasteiger partial charge in [0.25, 0.3) is 5.91 Å². The maximum absolute atomic E-state index is 13.2. The van der Waals surface area contributed by atoms with Crippen molar-refractivity contribution < 1.29 is 18.0 Å². The molecule has 3 heterocycles. The summed E-state index contributed by atoms with van der Waals surface area (Å²) in [6.07, 6.45) is 0.391. The lowest BCUT2D eigenvalue weighted by Crippen LogP contribution is -2.32. The van der Waals surface area contributed by atoms with E-state index in [0.717, 1.165) is 55.9 Å². The minimum Gasteiger partial charge on any atom is -0.342 e. The van der Waals surface area contributed by atoms with Gasteiger partial charge < -0.3 is 5.32 Å². The van der Waals surface area contributed by atoms with Crippen LogP contribution in [0.1, 0.15) is 64.7 Å². The molecule has 1 aromatic carbocycles. The molecule has 5 rings (SSSR count). The standard InChI is InChI=1S/C27H27F3N4O/c28-27(29,30)20-8-3-7-19(16-20)22-13-12-18-6-4-10-23(25(18)32-22)33-26(35)24-11-5-9-21(31-24)17-34-14-1-2-15-34/h3,5,7-9,11-13,16,23H,1-2,4,6,10,14-15,17H2,(H,33,35). The lowest BCUT2D eigenvalue weighted by atomic mass is 9.91. The van der Waals surface area contributed by atoms with Gasteiger partial charge in [0.1, 0.15) is 5.69 Å². The van der Waals surface area contributed by atoms with Crippen LogP contribution in [0.25, 0.3) is 11.3 Å². The highest BCUT2D eigenvalue weighted by atomic mass is 19.4. The Bertz CT molecular complexity index is 1220. The van der Waals surface area contributed by atoms with E-state index in [1.807, 2.05) is 18.2 Å². The van der Waals surface area contributed by atoms with Crippen LogP contribution in [-0.4, -0.2) is 33.9 Å². The van der Waals surface area contributed by atoms with Gasteiger partial charge in [-0.1, -0.05) is 24.3 Å². The Hall–Kier alpha value is -3.26. The molecule has 5 nitrogen and oxygen atoms in total. The van der Waals surface area contributed by atoms with Crippen molar-refractivity contribution in [2.75, 3.05) is 13.1 Å². The molecule has 1 amide bonds. The van der Waals surface area contributed by atoms with Gasteiger partial charge in [0, 0.05) is 12.1 Å². The fourth-order valence-corrected chi connectivity index (χ4v) is 4.90. The van der Waals surface area contributed by atoms with Crippen molar-refractivity contribution in [3.8, 4) is 11.3 Å². The zero-order valence-corrected chi connectivity index (χ0v) is 19.3. The van der Waals surface area contributed by atoms with Crippen LogP contribution in [-0.2, 0) is 19.1 Å². The number of aryl methyl sites for hydroxylation is 1. The Balaban J connectivity index is 1.36. The number of carbonyl (C=O) groups is 1. The predicted molar refractivity (Wildman–Crippen MR) is 127 cm³/mol. The quantitative estimate of drug-likeness (QED) is 0.519. The lowest BCUT2D eigenvalue weighted by molar-refractivity contribution is -0.137. The molecule has 2 aliphatic rings. The van der Waals surface area contributed by atoms with Crippen molar-refractivity contribution in [2.24, 2.45) is 0 Å². The van der Waals surface area contributed by atoms with Crippen molar-refractivity contribution in [1.29, 1.82) is 0 Å². The second-order valence-corrected chi connectivity index (χ2v) is 9.24. The summed E-state index contributed by atoms with van der Waals surface area (Å²) in [5.41, 5.74) is 3.10. The maximum atomic E-state index is 13.2. The Morgan fingerprint density at radius 1 is 1.00 bits per heavy atom. The van der Waals surface area contributed by atoms with Gasteiger partial charge in [-0.3, -0.25) is 14.7 Å². The van der Waals surface area contributed by atoms with E-state index in [2.05, 4.69) is 15.2 Å². The fraction of sp³-hybridized carbons (Fsp3) is 0.370. The van der Waals surface area contributed by atoms with E-state index < -0.39 is 11.7 Å². The van der Waals surface area contributed by atoms with E-state index in [1.54, 1.807) is 18.2 Å². The molecule has 1 saturated heterocycles. The van der Waals surface area contributed by atoms with Crippen LogP contribution in [0.5, 0.6) is 0 Å². The zero-order chi connectivity index (χ0) is 24.4. The molecule has 1 aliphatic carbocycles. The van der Waals surface area contributed by atoms with Crippen LogP contribution in [0.2, 0.25) is 0 Å². The molecule has 8 heteroatoms. The lowest BCUT2D eigenvalue weighted by Gasteiger charge is -2.26. The average Bonchev–Trinajstić information content (AvgIpc) is 3.37. The van der Waals surface area contributed by atoms with Gasteiger partial charge in [-0.15, -0.1) is 0 Å². The largest absolute Gasteiger partial charge is 0.416 e. The number of nitrogens with zero attached hydrogens (tertiary/aromatic N) is 3. The van der Waals surface area contributed by atoms with Crippen LogP contribution in [0, 0.1) is 0 Å². The van der Waals surface area contributed by atoms with Crippen LogP contribution in [0.4, 0.5) is 13.2 Å². The minimum atomic E-state index is -4.42. The molecule has 1 fully saturated rings. The van der Waals surface area contributed by atoms with Crippen LogP contribution < -0.4 is 5.32 Å². The first-order valence-electron chi connectivity index (χ1n) is 12.0. The van der Waals surface area contributed by atoms with Crippen molar-refractivity contribution in [3.63, 3.8) is 0 Å². The monoisotopic (exact) mass is 480 g/mol. The van der Waals surface area contributed by atoms with Crippen LogP contribution in [0.15, 0.2) is 54.6 Å². The molecule has 1 aliphatic heterocycles. The molecule has 2 aromatic heterocycles. The molecule has 0 radical (unpaired) electrons. The second kappa shape index (κ2) is 9.77. The van der Waals surface area contributed by atoms with E-state index in [0.29, 0.717) is 29.1 Å². The van der Waals surface area contributed by atoms with Crippen LogP contribution >= 0.6 is 0 Å². The normalized spacial score (nSPS) is 18.3. The molecular weight excluding hydrogens is 453 g/mol. The number of fused-ring (bicyclic) bond motifs is 1. The summed E-state index contributed by atoms with van der Waals surface area (Å²) in [6, 6.07) is 14.0. The smallest absolute Gasteiger partial charge is 0.342 e. The first kappa shape index (κ1) is 23.5. The number of pyridine rings is 2. The van der Waals surface area contributed by atoms with Gasteiger partial charge in [0.15, 0.2) is 0 Å². The molecule has 0 bridgehead atoms. The minimum absolute atomic E-state index is 0.266. The number of carbonyl (C=O) groups excluding carboxylic acids is 1. The maximum Gasteiger partial charge on any atom is 0.416 e. The summed E-state index contributed by atoms with van der Waals surface area (Å²) < 4.78 is 39.6. The van der Waals surface area contributed by atoms with E-state index in [1.165, 1.54) is 18.9 Å². The number of hydrogen-bond acceptors (Lipinski definition) is 4. The summed E-state index contributed by atoms with van der Waals surface area (Å²) in [4.78, 5) is 24.7. The summed E-state index contributed by atoms with van der Waals surface area (Å²) >= 11 is 0. The summed E-state index contributed by atoms with van der Waals surface area (Å²) in [5.74, 6) is -0.266. The summed E-state index contributed by atoms with van der Waals surface area (Å²) in [7, 11) is 0. The molecule has 35 heavy (non-hydrogen) atoms. The highest BCUT2D eigenvalue weighted by molar-refractivity contribution is 5.92. The molecule has 1 unspecified atom stereocenters. The van der Waals surface area contributed by atoms with E-state index in [9.17, 15) is 18.0 Å². The topological polar surface area (TPSA) is 58.1 Å². The van der Waals surface area contributed by atoms with Gasteiger partial charge in [0.2, 0.25) is 0 Å². The van der Waals surface area contributed by atoms with Crippen molar-refractivity contribution in [3.05, 3.63) is 82.8 Å². The van der Waals surface area contributed by atoms with Crippen molar-refractivity contribution in [1.82, 2.24) is 20.2 Å². The number of hydrogen-bond donors (Lipinski definition) is 1. The second-order valence-electron chi connectivity index (χ2n) is 9.24. The van der Waals surface area contributed by atoms with E-state index >= 15 is 0 Å². The molecule has 0 saturated carbocycles. The van der Waals surface area contributed by atoms with Crippen molar-refractivity contribution >= 4 is 5.91 Å². The number of rotatable bonds is 5. The predicted octanol–water partition coefficient (Wildman–Crippen LogP) is 5.57. The number of nitrogens with one attached hydrogen (secondary N) is 1. The SMILES string of the molecule is O=C(NC1CCCc2ccc(-c3cccc(C(F)(F)F)c3)nc21)c1cccc(CN2CCCC2)n1. The Labute approximate surface area is 202 Å². The molecule has 182 valence electrons. The number of benzene rings is 1. The third kappa shape index (κ3) is 5.37. The first-order chi connectivity index (χ1) is 16.9. The average molecular weight is 481 g/mol. The molecular formula is C27H27F3N4O. The number of alkyl halides is 3. The first-order valence-corrected chi connectivity index (χ1v) is 12.0. The van der Waals surface area contributed by atoms with Crippen molar-refractivity contribution in [2.45, 2.75) is 50.9 Å². The third-order valence-electron chi connectivity index (χ3n) is 6.70. The van der Waals surface area contributed by atoms with Gasteiger partial charge in [-0.2, -0.15) is 13.2 Å². The van der Waals surface area contributed by atoms with Gasteiger partial charge in [-0.05, 0) is 81.1 Å². The van der Waals surface area contributed by atoms with E-state index in [-0.39, 0.29) is 11.9 Å². The number of amides is 1. The molecule has 1 atom stereocenters. The van der Waals surface area contributed by atoms with Gasteiger partial charge >= 0.3 is 6.18 Å². The fourth-order valence-electron chi connectivity index (χ4n) is 4.90. The Kier molecular flexibility index (Phi) is 6.56.